The van der Waals surface area contributed by atoms with Crippen LogP contribution in [-0.4, -0.2) is 28.8 Å². The van der Waals surface area contributed by atoms with Crippen molar-refractivity contribution in [2.24, 2.45) is 11.5 Å². The Morgan fingerprint density at radius 1 is 1.36 bits per heavy atom. The molecule has 1 unspecified atom stereocenters. The van der Waals surface area contributed by atoms with Gasteiger partial charge in [-0.2, -0.15) is 0 Å². The molecule has 1 rings (SSSR count). The molecule has 0 radical (unpaired) electrons. The maximum atomic E-state index is 12.0. The Morgan fingerprint density at radius 2 is 2.12 bits per heavy atom. The van der Waals surface area contributed by atoms with Crippen LogP contribution in [0, 0.1) is 10.1 Å². The van der Waals surface area contributed by atoms with Gasteiger partial charge >= 0.3 is 5.97 Å². The summed E-state index contributed by atoms with van der Waals surface area (Å²) in [4.78, 5) is 26.4. The van der Waals surface area contributed by atoms with Gasteiger partial charge in [-0.25, -0.2) is 4.79 Å². The van der Waals surface area contributed by atoms with Gasteiger partial charge in [0.2, 0.25) is 0 Å². The lowest BCUT2D eigenvalue weighted by atomic mass is 10.1. The first-order valence-corrected chi connectivity index (χ1v) is 8.16. The van der Waals surface area contributed by atoms with Gasteiger partial charge in [0, 0.05) is 6.54 Å². The van der Waals surface area contributed by atoms with E-state index in [9.17, 15) is 14.9 Å². The molecule has 9 nitrogen and oxygen atoms in total. The van der Waals surface area contributed by atoms with Crippen LogP contribution in [0.4, 0.5) is 0 Å². The highest BCUT2D eigenvalue weighted by molar-refractivity contribution is 7.80. The number of nitrogens with one attached hydrogen (secondary N) is 1. The number of hydrogen-bond acceptors (Lipinski definition) is 7. The second kappa shape index (κ2) is 11.2. The fourth-order valence-corrected chi connectivity index (χ4v) is 2.12. The SMILES string of the molecule is NC(=S)NCCCCCC(N)C(=O)Oc1cccc(CO[N+](=O)[O-])c1. The molecule has 0 aliphatic carbocycles. The van der Waals surface area contributed by atoms with E-state index in [0.717, 1.165) is 19.3 Å². The van der Waals surface area contributed by atoms with E-state index in [1.807, 2.05) is 0 Å². The molecule has 5 N–H and O–H groups in total. The van der Waals surface area contributed by atoms with Crippen LogP contribution in [0.25, 0.3) is 0 Å². The van der Waals surface area contributed by atoms with Crippen molar-refractivity contribution >= 4 is 23.3 Å². The Bertz CT molecular complexity index is 599. The first-order chi connectivity index (χ1) is 11.9. The van der Waals surface area contributed by atoms with E-state index in [0.29, 0.717) is 18.5 Å². The first kappa shape index (κ1) is 20.6. The molecule has 0 amide bonds. The quantitative estimate of drug-likeness (QED) is 0.130. The highest BCUT2D eigenvalue weighted by Crippen LogP contribution is 2.15. The standard InChI is InChI=1S/C15H22N4O5S/c16-13(7-2-1-3-8-18-15(17)25)14(20)24-12-6-4-5-11(9-12)10-23-19(21)22/h4-6,9,13H,1-3,7-8,10,16H2,(H3,17,18,25). The van der Waals surface area contributed by atoms with E-state index >= 15 is 0 Å². The maximum Gasteiger partial charge on any atom is 0.328 e. The smallest absolute Gasteiger partial charge is 0.328 e. The Balaban J connectivity index is 2.33. The molecule has 0 fully saturated rings. The largest absolute Gasteiger partial charge is 0.425 e. The number of ether oxygens (including phenoxy) is 1. The zero-order chi connectivity index (χ0) is 18.7. The molecular weight excluding hydrogens is 348 g/mol. The molecule has 0 aliphatic heterocycles. The summed E-state index contributed by atoms with van der Waals surface area (Å²) in [6.07, 6.45) is 3.02. The predicted octanol–water partition coefficient (Wildman–Crippen LogP) is 1.02. The summed E-state index contributed by atoms with van der Waals surface area (Å²) in [5.41, 5.74) is 11.6. The van der Waals surface area contributed by atoms with Crippen molar-refractivity contribution in [1.82, 2.24) is 5.32 Å². The second-order valence-electron chi connectivity index (χ2n) is 5.31. The van der Waals surface area contributed by atoms with Crippen LogP contribution < -0.4 is 21.5 Å². The van der Waals surface area contributed by atoms with Crippen LogP contribution in [0.1, 0.15) is 31.2 Å². The molecule has 0 spiro atoms. The number of unbranched alkanes of at least 4 members (excludes halogenated alkanes) is 2. The van der Waals surface area contributed by atoms with Crippen LogP contribution in [-0.2, 0) is 16.2 Å². The number of nitrogens with zero attached hydrogens (tertiary/aromatic N) is 1. The van der Waals surface area contributed by atoms with Crippen LogP contribution in [0.3, 0.4) is 0 Å². The number of nitrogens with two attached hydrogens (primary N) is 2. The lowest BCUT2D eigenvalue weighted by Crippen LogP contribution is -2.34. The number of hydrogen-bond donors (Lipinski definition) is 3. The van der Waals surface area contributed by atoms with E-state index in [2.05, 4.69) is 10.2 Å². The van der Waals surface area contributed by atoms with Gasteiger partial charge < -0.3 is 26.4 Å². The van der Waals surface area contributed by atoms with Crippen molar-refractivity contribution in [2.45, 2.75) is 38.3 Å². The van der Waals surface area contributed by atoms with Crippen LogP contribution in [0.2, 0.25) is 0 Å². The molecular formula is C15H22N4O5S. The third kappa shape index (κ3) is 9.42. The van der Waals surface area contributed by atoms with Gasteiger partial charge in [-0.05, 0) is 42.8 Å². The fourth-order valence-electron chi connectivity index (χ4n) is 2.01. The van der Waals surface area contributed by atoms with Gasteiger partial charge in [0.25, 0.3) is 5.09 Å². The topological polar surface area (TPSA) is 143 Å². The molecule has 1 atom stereocenters. The van der Waals surface area contributed by atoms with Gasteiger partial charge in [0.1, 0.15) is 18.4 Å². The summed E-state index contributed by atoms with van der Waals surface area (Å²) in [6.45, 7) is 0.471. The van der Waals surface area contributed by atoms with E-state index in [-0.39, 0.29) is 17.5 Å². The third-order valence-electron chi connectivity index (χ3n) is 3.25. The van der Waals surface area contributed by atoms with Crippen molar-refractivity contribution in [3.8, 4) is 5.75 Å². The van der Waals surface area contributed by atoms with Crippen molar-refractivity contribution in [3.05, 3.63) is 39.9 Å². The Labute approximate surface area is 150 Å². The summed E-state index contributed by atoms with van der Waals surface area (Å²) < 4.78 is 5.20. The molecule has 1 aromatic rings. The van der Waals surface area contributed by atoms with Crippen LogP contribution >= 0.6 is 12.2 Å². The average molecular weight is 370 g/mol. The minimum Gasteiger partial charge on any atom is -0.425 e. The van der Waals surface area contributed by atoms with E-state index < -0.39 is 17.1 Å². The number of benzene rings is 1. The Morgan fingerprint density at radius 3 is 2.80 bits per heavy atom. The van der Waals surface area contributed by atoms with Crippen LogP contribution in [0.5, 0.6) is 5.75 Å². The lowest BCUT2D eigenvalue weighted by molar-refractivity contribution is -0.763. The highest BCUT2D eigenvalue weighted by atomic mass is 32.1. The molecule has 1 aromatic carbocycles. The van der Waals surface area contributed by atoms with E-state index in [1.54, 1.807) is 18.2 Å². The number of thiocarbonyl (C=S) groups is 1. The molecule has 138 valence electrons. The molecule has 25 heavy (non-hydrogen) atoms. The van der Waals surface area contributed by atoms with Crippen molar-refractivity contribution in [2.75, 3.05) is 6.54 Å². The summed E-state index contributed by atoms with van der Waals surface area (Å²) in [6, 6.07) is 5.57. The monoisotopic (exact) mass is 370 g/mol. The zero-order valence-corrected chi connectivity index (χ0v) is 14.5. The van der Waals surface area contributed by atoms with Gasteiger partial charge in [-0.1, -0.05) is 25.0 Å². The first-order valence-electron chi connectivity index (χ1n) is 7.75. The van der Waals surface area contributed by atoms with Gasteiger partial charge in [-0.3, -0.25) is 0 Å². The van der Waals surface area contributed by atoms with Gasteiger partial charge in [0.05, 0.1) is 0 Å². The van der Waals surface area contributed by atoms with E-state index in [1.165, 1.54) is 6.07 Å². The number of esters is 1. The predicted molar refractivity (Wildman–Crippen MR) is 95.1 cm³/mol. The minimum absolute atomic E-state index is 0.218. The van der Waals surface area contributed by atoms with Crippen molar-refractivity contribution < 1.29 is 19.5 Å². The molecule has 0 aliphatic rings. The minimum atomic E-state index is -0.884. The Hall–Kier alpha value is -2.46. The number of carbonyl (C=O) groups is 1. The van der Waals surface area contributed by atoms with Crippen molar-refractivity contribution in [3.63, 3.8) is 0 Å². The normalized spacial score (nSPS) is 11.4. The van der Waals surface area contributed by atoms with Gasteiger partial charge in [-0.15, -0.1) is 10.1 Å². The molecule has 0 heterocycles. The molecule has 0 bridgehead atoms. The molecule has 0 aromatic heterocycles. The zero-order valence-electron chi connectivity index (χ0n) is 13.7. The molecule has 0 saturated carbocycles. The third-order valence-corrected chi connectivity index (χ3v) is 3.39. The summed E-state index contributed by atoms with van der Waals surface area (Å²) in [5, 5.41) is 12.4. The number of carbonyl (C=O) groups excluding carboxylic acids is 1. The maximum absolute atomic E-state index is 12.0. The summed E-state index contributed by atoms with van der Waals surface area (Å²) in [5.74, 6) is -0.279. The van der Waals surface area contributed by atoms with Gasteiger partial charge in [0.15, 0.2) is 5.11 Å². The summed E-state index contributed by atoms with van der Waals surface area (Å²) >= 11 is 4.69. The van der Waals surface area contributed by atoms with Crippen LogP contribution in [0.15, 0.2) is 24.3 Å². The van der Waals surface area contributed by atoms with Crippen molar-refractivity contribution in [1.29, 1.82) is 0 Å². The highest BCUT2D eigenvalue weighted by Gasteiger charge is 2.15. The number of rotatable bonds is 11. The summed E-state index contributed by atoms with van der Waals surface area (Å²) in [7, 11) is 0. The molecule has 0 saturated heterocycles. The lowest BCUT2D eigenvalue weighted by Gasteiger charge is -2.12. The molecule has 10 heteroatoms. The second-order valence-corrected chi connectivity index (χ2v) is 5.75. The Kier molecular flexibility index (Phi) is 9.19. The average Bonchev–Trinajstić information content (AvgIpc) is 2.56. The van der Waals surface area contributed by atoms with E-state index in [4.69, 9.17) is 28.4 Å². The fraction of sp³-hybridized carbons (Fsp3) is 0.467.